The number of anilines is 1. The summed E-state index contributed by atoms with van der Waals surface area (Å²) in [5, 5.41) is 3.76. The van der Waals surface area contributed by atoms with Crippen molar-refractivity contribution in [1.29, 1.82) is 0 Å². The fraction of sp³-hybridized carbons (Fsp3) is 0.590. The van der Waals surface area contributed by atoms with E-state index in [0.717, 1.165) is 89.4 Å². The van der Waals surface area contributed by atoms with E-state index in [0.29, 0.717) is 18.1 Å². The molecular weight excluding hydrogens is 649 g/mol. The van der Waals surface area contributed by atoms with E-state index in [-0.39, 0.29) is 46.4 Å². The maximum absolute atomic E-state index is 14.3. The summed E-state index contributed by atoms with van der Waals surface area (Å²) in [5.74, 6) is 1.60. The quantitative estimate of drug-likeness (QED) is 0.259. The lowest BCUT2D eigenvalue weighted by atomic mass is 9.61. The van der Waals surface area contributed by atoms with Gasteiger partial charge in [-0.2, -0.15) is 0 Å². The lowest BCUT2D eigenvalue weighted by Gasteiger charge is -2.59. The second-order valence-electron chi connectivity index (χ2n) is 15.6. The summed E-state index contributed by atoms with van der Waals surface area (Å²) >= 11 is 0. The highest BCUT2D eigenvalue weighted by Crippen LogP contribution is 2.52. The third-order valence-corrected chi connectivity index (χ3v) is 11.6. The van der Waals surface area contributed by atoms with Crippen molar-refractivity contribution in [3.63, 3.8) is 0 Å². The molecule has 3 aromatic rings. The van der Waals surface area contributed by atoms with E-state index in [1.807, 2.05) is 33.0 Å². The Morgan fingerprint density at radius 1 is 1.14 bits per heavy atom. The summed E-state index contributed by atoms with van der Waals surface area (Å²) in [6.07, 6.45) is 12.6. The molecule has 1 aromatic carbocycles. The van der Waals surface area contributed by atoms with Gasteiger partial charge in [0.2, 0.25) is 0 Å². The van der Waals surface area contributed by atoms with E-state index < -0.39 is 5.82 Å². The molecule has 0 bridgehead atoms. The average Bonchev–Trinajstić information content (AvgIpc) is 3.57. The van der Waals surface area contributed by atoms with Crippen molar-refractivity contribution in [1.82, 2.24) is 30.1 Å². The number of nitrogens with zero attached hydrogens (tertiary/aromatic N) is 6. The van der Waals surface area contributed by atoms with Crippen molar-refractivity contribution in [3.8, 4) is 17.2 Å². The summed E-state index contributed by atoms with van der Waals surface area (Å²) in [4.78, 5) is 33.3. The Morgan fingerprint density at radius 2 is 1.98 bits per heavy atom. The molecule has 12 heteroatoms. The summed E-state index contributed by atoms with van der Waals surface area (Å²) in [5.41, 5.74) is 2.90. The standard InChI is InChI=1S/C39H50FN7O4/c1-4-47(26(2)3)37(48)29-17-27(40)8-9-32(29)51-34-20-41-25-44-36(34)46-21-38(22-46)18-28(19-38)50-33-11-14-43-31-10-13-42-30(35(31)33)7-5-15-45-23-39(24-45)12-6-16-49-39/h8-9,11,14,17,20,25-26,28,30,42H,4-7,10,12-13,15-16,18-19,21-24H2,1-3H3. The summed E-state index contributed by atoms with van der Waals surface area (Å²) < 4.78 is 33.4. The van der Waals surface area contributed by atoms with Crippen molar-refractivity contribution in [2.24, 2.45) is 5.41 Å². The first-order valence-corrected chi connectivity index (χ1v) is 18.8. The highest BCUT2D eigenvalue weighted by molar-refractivity contribution is 5.97. The number of carbonyl (C=O) groups excluding carboxylic acids is 1. The van der Waals surface area contributed by atoms with E-state index in [9.17, 15) is 9.18 Å². The van der Waals surface area contributed by atoms with Crippen LogP contribution >= 0.6 is 0 Å². The third-order valence-electron chi connectivity index (χ3n) is 11.6. The van der Waals surface area contributed by atoms with Crippen LogP contribution in [0.15, 0.2) is 43.0 Å². The van der Waals surface area contributed by atoms with Gasteiger partial charge in [0.1, 0.15) is 29.7 Å². The second kappa shape index (κ2) is 13.9. The van der Waals surface area contributed by atoms with Crippen LogP contribution in [-0.4, -0.2) is 101 Å². The molecule has 6 heterocycles. The SMILES string of the molecule is CCN(C(=O)c1cc(F)ccc1Oc1cncnc1N1CC2(CC(Oc3ccnc4c3C(CCCN3CC5(CCCO5)C3)NCC4)C2)C1)C(C)C. The van der Waals surface area contributed by atoms with Gasteiger partial charge in [0.15, 0.2) is 11.6 Å². The van der Waals surface area contributed by atoms with Gasteiger partial charge in [-0.15, -0.1) is 0 Å². The average molecular weight is 700 g/mol. The van der Waals surface area contributed by atoms with Crippen molar-refractivity contribution < 1.29 is 23.4 Å². The van der Waals surface area contributed by atoms with Gasteiger partial charge in [-0.25, -0.2) is 14.4 Å². The molecule has 2 aromatic heterocycles. The van der Waals surface area contributed by atoms with Crippen LogP contribution in [-0.2, 0) is 11.2 Å². The summed E-state index contributed by atoms with van der Waals surface area (Å²) in [6.45, 7) is 13.1. The van der Waals surface area contributed by atoms with Gasteiger partial charge in [0, 0.05) is 81.6 Å². The Morgan fingerprint density at radius 3 is 2.75 bits per heavy atom. The molecule has 1 atom stereocenters. The Labute approximate surface area is 299 Å². The molecule has 5 aliphatic rings. The van der Waals surface area contributed by atoms with Crippen LogP contribution in [0.3, 0.4) is 0 Å². The van der Waals surface area contributed by atoms with Crippen LogP contribution in [0.5, 0.6) is 17.2 Å². The molecule has 4 fully saturated rings. The van der Waals surface area contributed by atoms with Gasteiger partial charge < -0.3 is 29.3 Å². The van der Waals surface area contributed by atoms with Crippen molar-refractivity contribution in [2.75, 3.05) is 57.3 Å². The maximum atomic E-state index is 14.3. The number of aromatic nitrogens is 3. The highest BCUT2D eigenvalue weighted by Gasteiger charge is 2.54. The first kappa shape index (κ1) is 34.2. The first-order valence-electron chi connectivity index (χ1n) is 18.8. The summed E-state index contributed by atoms with van der Waals surface area (Å²) in [7, 11) is 0. The van der Waals surface area contributed by atoms with Gasteiger partial charge in [-0.05, 0) is 90.1 Å². The van der Waals surface area contributed by atoms with Gasteiger partial charge in [-0.1, -0.05) is 0 Å². The number of hydrogen-bond acceptors (Lipinski definition) is 10. The summed E-state index contributed by atoms with van der Waals surface area (Å²) in [6, 6.07) is 6.32. The van der Waals surface area contributed by atoms with Crippen molar-refractivity contribution in [2.45, 2.75) is 89.5 Å². The predicted octanol–water partition coefficient (Wildman–Crippen LogP) is 5.55. The van der Waals surface area contributed by atoms with Gasteiger partial charge in [-0.3, -0.25) is 14.7 Å². The predicted molar refractivity (Wildman–Crippen MR) is 191 cm³/mol. The molecule has 1 aliphatic carbocycles. The number of likely N-dealkylation sites (tertiary alicyclic amines) is 1. The van der Waals surface area contributed by atoms with E-state index in [1.165, 1.54) is 42.9 Å². The fourth-order valence-electron chi connectivity index (χ4n) is 9.07. The molecule has 8 rings (SSSR count). The van der Waals surface area contributed by atoms with Gasteiger partial charge >= 0.3 is 0 Å². The van der Waals surface area contributed by atoms with Crippen LogP contribution < -0.4 is 19.7 Å². The second-order valence-corrected chi connectivity index (χ2v) is 15.6. The number of ether oxygens (including phenoxy) is 3. The number of benzene rings is 1. The smallest absolute Gasteiger partial charge is 0.257 e. The molecule has 4 aliphatic heterocycles. The molecule has 1 N–H and O–H groups in total. The van der Waals surface area contributed by atoms with Gasteiger partial charge in [0.05, 0.1) is 23.1 Å². The number of amides is 1. The molecule has 1 unspecified atom stereocenters. The minimum Gasteiger partial charge on any atom is -0.490 e. The number of fused-ring (bicyclic) bond motifs is 1. The molecule has 0 radical (unpaired) electrons. The Bertz CT molecular complexity index is 1730. The Kier molecular flexibility index (Phi) is 9.35. The molecule has 3 saturated heterocycles. The van der Waals surface area contributed by atoms with E-state index in [1.54, 1.807) is 11.1 Å². The largest absolute Gasteiger partial charge is 0.490 e. The number of nitrogens with one attached hydrogen (secondary N) is 1. The maximum Gasteiger partial charge on any atom is 0.257 e. The highest BCUT2D eigenvalue weighted by atomic mass is 19.1. The molecule has 1 amide bonds. The molecule has 11 nitrogen and oxygen atoms in total. The first-order chi connectivity index (χ1) is 24.7. The van der Waals surface area contributed by atoms with E-state index in [4.69, 9.17) is 19.2 Å². The van der Waals surface area contributed by atoms with Crippen LogP contribution in [0.4, 0.5) is 10.2 Å². The molecule has 1 saturated carbocycles. The third kappa shape index (κ3) is 6.78. The van der Waals surface area contributed by atoms with E-state index >= 15 is 0 Å². The minimum atomic E-state index is -0.490. The van der Waals surface area contributed by atoms with E-state index in [2.05, 4.69) is 25.1 Å². The van der Waals surface area contributed by atoms with Crippen molar-refractivity contribution >= 4 is 11.7 Å². The number of rotatable bonds is 12. The lowest BCUT2D eigenvalue weighted by molar-refractivity contribution is -0.111. The molecule has 2 spiro atoms. The Hall–Kier alpha value is -3.87. The number of carbonyl (C=O) groups is 1. The van der Waals surface area contributed by atoms with Crippen molar-refractivity contribution in [3.05, 3.63) is 65.6 Å². The molecule has 51 heavy (non-hydrogen) atoms. The van der Waals surface area contributed by atoms with Crippen LogP contribution in [0.25, 0.3) is 0 Å². The van der Waals surface area contributed by atoms with Crippen LogP contribution in [0.2, 0.25) is 0 Å². The zero-order chi connectivity index (χ0) is 35.2. The minimum absolute atomic E-state index is 0.0376. The Balaban J connectivity index is 0.876. The number of hydrogen-bond donors (Lipinski definition) is 1. The fourth-order valence-corrected chi connectivity index (χ4v) is 9.07. The van der Waals surface area contributed by atoms with Gasteiger partial charge in [0.25, 0.3) is 5.91 Å². The normalized spacial score (nSPS) is 22.0. The number of halogens is 1. The lowest BCUT2D eigenvalue weighted by Crippen LogP contribution is -2.65. The topological polar surface area (TPSA) is 105 Å². The van der Waals surface area contributed by atoms with Crippen LogP contribution in [0.1, 0.15) is 87.0 Å². The zero-order valence-electron chi connectivity index (χ0n) is 30.1. The molecular formula is C39H50FN7O4. The monoisotopic (exact) mass is 699 g/mol. The number of pyridine rings is 1. The molecule has 272 valence electrons. The van der Waals surface area contributed by atoms with Crippen LogP contribution in [0, 0.1) is 11.2 Å². The zero-order valence-corrected chi connectivity index (χ0v) is 30.1.